The van der Waals surface area contributed by atoms with Crippen LogP contribution in [0.15, 0.2) is 48.5 Å². The molecule has 1 heterocycles. The summed E-state index contributed by atoms with van der Waals surface area (Å²) in [5.41, 5.74) is 2.92. The molecule has 2 aromatic rings. The third kappa shape index (κ3) is 2.39. The van der Waals surface area contributed by atoms with Crippen molar-refractivity contribution < 1.29 is 9.53 Å². The van der Waals surface area contributed by atoms with Gasteiger partial charge in [0, 0.05) is 11.3 Å². The van der Waals surface area contributed by atoms with Crippen LogP contribution >= 0.6 is 0 Å². The molecular formula is C17H17NO2. The number of benzene rings is 2. The van der Waals surface area contributed by atoms with E-state index in [0.29, 0.717) is 13.0 Å². The molecule has 3 rings (SSSR count). The van der Waals surface area contributed by atoms with Crippen molar-refractivity contribution in [3.8, 4) is 5.75 Å². The maximum atomic E-state index is 12.5. The van der Waals surface area contributed by atoms with Crippen LogP contribution in [0.1, 0.15) is 23.5 Å². The number of nitrogens with one attached hydrogen (secondary N) is 1. The minimum Gasteiger partial charge on any atom is -0.493 e. The average Bonchev–Trinajstić information content (AvgIpc) is 2.49. The summed E-state index contributed by atoms with van der Waals surface area (Å²) >= 11 is 0. The fourth-order valence-corrected chi connectivity index (χ4v) is 2.55. The van der Waals surface area contributed by atoms with Gasteiger partial charge >= 0.3 is 0 Å². The average molecular weight is 267 g/mol. The lowest BCUT2D eigenvalue weighted by atomic mass is 9.92. The van der Waals surface area contributed by atoms with Crippen LogP contribution in [0.4, 0.5) is 5.69 Å². The number of amides is 1. The van der Waals surface area contributed by atoms with E-state index in [1.54, 1.807) is 0 Å². The summed E-state index contributed by atoms with van der Waals surface area (Å²) < 4.78 is 5.60. The predicted molar refractivity (Wildman–Crippen MR) is 79.1 cm³/mol. The van der Waals surface area contributed by atoms with Crippen molar-refractivity contribution in [3.05, 3.63) is 59.7 Å². The lowest BCUT2D eigenvalue weighted by molar-refractivity contribution is -0.118. The number of carbonyl (C=O) groups is 1. The molecule has 0 radical (unpaired) electrons. The van der Waals surface area contributed by atoms with Crippen molar-refractivity contribution in [2.24, 2.45) is 0 Å². The molecular weight excluding hydrogens is 250 g/mol. The molecule has 2 aromatic carbocycles. The lowest BCUT2D eigenvalue weighted by Crippen LogP contribution is -2.26. The molecule has 0 fully saturated rings. The lowest BCUT2D eigenvalue weighted by Gasteiger charge is -2.25. The Hall–Kier alpha value is -2.29. The van der Waals surface area contributed by atoms with Crippen LogP contribution in [0.3, 0.4) is 0 Å². The molecule has 0 spiro atoms. The molecule has 0 saturated heterocycles. The number of hydrogen-bond donors (Lipinski definition) is 1. The monoisotopic (exact) mass is 267 g/mol. The highest BCUT2D eigenvalue weighted by molar-refractivity contribution is 5.97. The number of carbonyl (C=O) groups excluding carboxylic acids is 1. The molecule has 0 bridgehead atoms. The topological polar surface area (TPSA) is 38.3 Å². The van der Waals surface area contributed by atoms with Gasteiger partial charge in [0.25, 0.3) is 0 Å². The largest absolute Gasteiger partial charge is 0.493 e. The Morgan fingerprint density at radius 3 is 2.75 bits per heavy atom. The van der Waals surface area contributed by atoms with Crippen LogP contribution < -0.4 is 10.1 Å². The highest BCUT2D eigenvalue weighted by Gasteiger charge is 2.27. The van der Waals surface area contributed by atoms with E-state index in [1.165, 1.54) is 0 Å². The quantitative estimate of drug-likeness (QED) is 0.904. The molecule has 0 saturated carbocycles. The molecule has 1 unspecified atom stereocenters. The first-order valence-electron chi connectivity index (χ1n) is 6.84. The number of aryl methyl sites for hydroxylation is 1. The van der Waals surface area contributed by atoms with Crippen molar-refractivity contribution in [2.75, 3.05) is 11.9 Å². The smallest absolute Gasteiger partial charge is 0.232 e. The fraction of sp³-hybridized carbons (Fsp3) is 0.235. The van der Waals surface area contributed by atoms with Crippen molar-refractivity contribution in [1.29, 1.82) is 0 Å². The molecule has 20 heavy (non-hydrogen) atoms. The van der Waals surface area contributed by atoms with Gasteiger partial charge in [-0.25, -0.2) is 0 Å². The second-order valence-corrected chi connectivity index (χ2v) is 5.03. The summed E-state index contributed by atoms with van der Waals surface area (Å²) in [4.78, 5) is 12.5. The van der Waals surface area contributed by atoms with Crippen LogP contribution in [-0.4, -0.2) is 12.5 Å². The molecule has 1 atom stereocenters. The molecule has 0 aliphatic carbocycles. The van der Waals surface area contributed by atoms with Gasteiger partial charge < -0.3 is 10.1 Å². The molecule has 0 aromatic heterocycles. The van der Waals surface area contributed by atoms with Crippen LogP contribution in [-0.2, 0) is 4.79 Å². The Kier molecular flexibility index (Phi) is 3.42. The van der Waals surface area contributed by atoms with E-state index in [-0.39, 0.29) is 11.8 Å². The van der Waals surface area contributed by atoms with Crippen molar-refractivity contribution in [3.63, 3.8) is 0 Å². The van der Waals surface area contributed by atoms with Crippen LogP contribution in [0.25, 0.3) is 0 Å². The van der Waals surface area contributed by atoms with Gasteiger partial charge in [0.05, 0.1) is 12.5 Å². The van der Waals surface area contributed by atoms with Gasteiger partial charge in [0.15, 0.2) is 0 Å². The SMILES string of the molecule is Cc1ccccc1NC(=O)C1CCOc2ccccc21. The Morgan fingerprint density at radius 1 is 1.15 bits per heavy atom. The van der Waals surface area contributed by atoms with E-state index < -0.39 is 0 Å². The Bertz CT molecular complexity index is 636. The summed E-state index contributed by atoms with van der Waals surface area (Å²) in [5.74, 6) is 0.721. The molecule has 1 aliphatic heterocycles. The number of para-hydroxylation sites is 2. The normalized spacial score (nSPS) is 16.9. The van der Waals surface area contributed by atoms with E-state index in [0.717, 1.165) is 22.6 Å². The van der Waals surface area contributed by atoms with E-state index in [1.807, 2.05) is 55.5 Å². The van der Waals surface area contributed by atoms with Crippen LogP contribution in [0, 0.1) is 6.92 Å². The molecule has 102 valence electrons. The van der Waals surface area contributed by atoms with E-state index >= 15 is 0 Å². The zero-order valence-electron chi connectivity index (χ0n) is 11.4. The number of rotatable bonds is 2. The van der Waals surface area contributed by atoms with Gasteiger partial charge in [0.1, 0.15) is 5.75 Å². The van der Waals surface area contributed by atoms with E-state index in [2.05, 4.69) is 5.32 Å². The van der Waals surface area contributed by atoms with Crippen LogP contribution in [0.5, 0.6) is 5.75 Å². The minimum atomic E-state index is -0.139. The van der Waals surface area contributed by atoms with E-state index in [9.17, 15) is 4.79 Å². The third-order valence-corrected chi connectivity index (χ3v) is 3.68. The Morgan fingerprint density at radius 2 is 1.90 bits per heavy atom. The first-order valence-corrected chi connectivity index (χ1v) is 6.84. The maximum Gasteiger partial charge on any atom is 0.232 e. The summed E-state index contributed by atoms with van der Waals surface area (Å²) in [5, 5.41) is 3.03. The zero-order valence-corrected chi connectivity index (χ0v) is 11.4. The number of anilines is 1. The van der Waals surface area contributed by atoms with Gasteiger partial charge in [0.2, 0.25) is 5.91 Å². The van der Waals surface area contributed by atoms with Gasteiger partial charge in [-0.2, -0.15) is 0 Å². The summed E-state index contributed by atoms with van der Waals surface area (Å²) in [6.07, 6.45) is 0.717. The third-order valence-electron chi connectivity index (χ3n) is 3.68. The van der Waals surface area contributed by atoms with Gasteiger partial charge in [-0.05, 0) is 31.0 Å². The Labute approximate surface area is 118 Å². The first kappa shape index (κ1) is 12.7. The van der Waals surface area contributed by atoms with Gasteiger partial charge in [-0.3, -0.25) is 4.79 Å². The van der Waals surface area contributed by atoms with Crippen molar-refractivity contribution >= 4 is 11.6 Å². The summed E-state index contributed by atoms with van der Waals surface area (Å²) in [6, 6.07) is 15.6. The second kappa shape index (κ2) is 5.37. The second-order valence-electron chi connectivity index (χ2n) is 5.03. The highest BCUT2D eigenvalue weighted by Crippen LogP contribution is 2.34. The molecule has 3 heteroatoms. The first-order chi connectivity index (χ1) is 9.75. The van der Waals surface area contributed by atoms with Crippen molar-refractivity contribution in [1.82, 2.24) is 0 Å². The highest BCUT2D eigenvalue weighted by atomic mass is 16.5. The number of ether oxygens (including phenoxy) is 1. The fourth-order valence-electron chi connectivity index (χ4n) is 2.55. The molecule has 1 aliphatic rings. The molecule has 1 N–H and O–H groups in total. The number of hydrogen-bond acceptors (Lipinski definition) is 2. The van der Waals surface area contributed by atoms with E-state index in [4.69, 9.17) is 4.74 Å². The molecule has 1 amide bonds. The van der Waals surface area contributed by atoms with Crippen molar-refractivity contribution in [2.45, 2.75) is 19.3 Å². The summed E-state index contributed by atoms with van der Waals surface area (Å²) in [7, 11) is 0. The zero-order chi connectivity index (χ0) is 13.9. The van der Waals surface area contributed by atoms with Gasteiger partial charge in [-0.1, -0.05) is 36.4 Å². The maximum absolute atomic E-state index is 12.5. The van der Waals surface area contributed by atoms with Crippen LogP contribution in [0.2, 0.25) is 0 Å². The standard InChI is InChI=1S/C17H17NO2/c1-12-6-2-4-8-15(12)18-17(19)14-10-11-20-16-9-5-3-7-13(14)16/h2-9,14H,10-11H2,1H3,(H,18,19). The minimum absolute atomic E-state index is 0.0371. The number of fused-ring (bicyclic) bond motifs is 1. The summed E-state index contributed by atoms with van der Waals surface area (Å²) in [6.45, 7) is 2.58. The predicted octanol–water partition coefficient (Wildman–Crippen LogP) is 3.50. The van der Waals surface area contributed by atoms with Gasteiger partial charge in [-0.15, -0.1) is 0 Å². The Balaban J connectivity index is 1.84. The molecule has 3 nitrogen and oxygen atoms in total.